The maximum Gasteiger partial charge on any atom is 0.488 e. The molecule has 104 valence electrons. The zero-order chi connectivity index (χ0) is 13.4. The van der Waals surface area contributed by atoms with E-state index in [1.807, 2.05) is 6.92 Å². The average molecular weight is 266 g/mol. The normalized spacial score (nSPS) is 10.7. The first-order valence-electron chi connectivity index (χ1n) is 6.77. The number of hydrogen-bond acceptors (Lipinski definition) is 3. The van der Waals surface area contributed by atoms with Gasteiger partial charge in [0.15, 0.2) is 0 Å². The highest BCUT2D eigenvalue weighted by Gasteiger charge is 1.97. The molecule has 0 saturated carbocycles. The first-order chi connectivity index (χ1) is 8.18. The lowest BCUT2D eigenvalue weighted by molar-refractivity contribution is -0.655. The minimum atomic E-state index is -2.61. The molecule has 0 heterocycles. The van der Waals surface area contributed by atoms with Crippen LogP contribution in [0.25, 0.3) is 0 Å². The summed E-state index contributed by atoms with van der Waals surface area (Å²) < 4.78 is 13.9. The Morgan fingerprint density at radius 2 is 1.47 bits per heavy atom. The van der Waals surface area contributed by atoms with E-state index >= 15 is 0 Å². The topological polar surface area (TPSA) is 66.0 Å². The van der Waals surface area contributed by atoms with Crippen LogP contribution in [0.3, 0.4) is 0 Å². The smallest absolute Gasteiger partial charge is 0.488 e. The summed E-state index contributed by atoms with van der Waals surface area (Å²) in [6.07, 6.45) is 7.20. The van der Waals surface area contributed by atoms with Gasteiger partial charge < -0.3 is 10.2 Å². The summed E-state index contributed by atoms with van der Waals surface area (Å²) in [6, 6.07) is 0. The maximum atomic E-state index is 9.69. The van der Waals surface area contributed by atoms with Crippen LogP contribution in [0.15, 0.2) is 0 Å². The summed E-state index contributed by atoms with van der Waals surface area (Å²) in [5, 5.41) is 2.42. The fourth-order valence-electron chi connectivity index (χ4n) is 1.12. The molecule has 0 saturated heterocycles. The van der Waals surface area contributed by atoms with Crippen LogP contribution in [0.2, 0.25) is 0 Å². The van der Waals surface area contributed by atoms with Crippen molar-refractivity contribution >= 4 is 8.25 Å². The highest BCUT2D eigenvalue weighted by atomic mass is 31.1. The molecule has 0 aromatic carbocycles. The van der Waals surface area contributed by atoms with Crippen molar-refractivity contribution < 1.29 is 19.3 Å². The van der Waals surface area contributed by atoms with E-state index in [0.29, 0.717) is 6.61 Å². The van der Waals surface area contributed by atoms with E-state index < -0.39 is 8.25 Å². The van der Waals surface area contributed by atoms with Crippen LogP contribution >= 0.6 is 8.25 Å². The van der Waals surface area contributed by atoms with Gasteiger partial charge in [0.1, 0.15) is 6.61 Å². The highest BCUT2D eigenvalue weighted by molar-refractivity contribution is 7.30. The maximum absolute atomic E-state index is 9.69. The second-order valence-corrected chi connectivity index (χ2v) is 4.69. The van der Waals surface area contributed by atoms with E-state index in [0.717, 1.165) is 12.8 Å². The van der Waals surface area contributed by atoms with E-state index in [-0.39, 0.29) is 0 Å². The van der Waals surface area contributed by atoms with Crippen LogP contribution in [-0.2, 0) is 9.09 Å². The largest absolute Gasteiger partial charge is 0.566 e. The van der Waals surface area contributed by atoms with E-state index in [4.69, 9.17) is 0 Å². The molecule has 0 amide bonds. The number of quaternary nitrogens is 1. The Morgan fingerprint density at radius 1 is 1.00 bits per heavy atom. The summed E-state index contributed by atoms with van der Waals surface area (Å²) >= 11 is 0. The van der Waals surface area contributed by atoms with Crippen LogP contribution in [0.5, 0.6) is 0 Å². The van der Waals surface area contributed by atoms with Gasteiger partial charge in [-0.25, -0.2) is 0 Å². The fourth-order valence-corrected chi connectivity index (χ4v) is 1.40. The Bertz CT molecular complexity index is 151. The van der Waals surface area contributed by atoms with E-state index in [9.17, 15) is 9.46 Å². The van der Waals surface area contributed by atoms with Gasteiger partial charge >= 0.3 is 8.25 Å². The van der Waals surface area contributed by atoms with E-state index in [1.165, 1.54) is 38.8 Å². The van der Waals surface area contributed by atoms with Gasteiger partial charge in [0.05, 0.1) is 13.1 Å². The van der Waals surface area contributed by atoms with Gasteiger partial charge in [-0.3, -0.25) is 0 Å². The van der Waals surface area contributed by atoms with Crippen molar-refractivity contribution in [3.05, 3.63) is 0 Å². The van der Waals surface area contributed by atoms with Crippen molar-refractivity contribution in [2.75, 3.05) is 19.7 Å². The molecule has 0 fully saturated rings. The molecule has 1 atom stereocenters. The van der Waals surface area contributed by atoms with Crippen LogP contribution in [-0.4, -0.2) is 19.7 Å². The molecule has 0 aromatic rings. The molecule has 0 aliphatic carbocycles. The quantitative estimate of drug-likeness (QED) is 0.485. The lowest BCUT2D eigenvalue weighted by atomic mass is 10.3. The van der Waals surface area contributed by atoms with Crippen LogP contribution in [0.1, 0.15) is 59.3 Å². The molecule has 2 N–H and O–H groups in total. The van der Waals surface area contributed by atoms with Gasteiger partial charge in [0.25, 0.3) is 0 Å². The molecule has 17 heavy (non-hydrogen) atoms. The Balaban J connectivity index is 0. The first-order valence-corrected chi connectivity index (χ1v) is 7.87. The lowest BCUT2D eigenvalue weighted by Crippen LogP contribution is -2.84. The molecule has 0 bridgehead atoms. The Morgan fingerprint density at radius 3 is 1.82 bits per heavy atom. The van der Waals surface area contributed by atoms with Crippen LogP contribution in [0.4, 0.5) is 0 Å². The van der Waals surface area contributed by atoms with Gasteiger partial charge in [-0.05, 0) is 23.8 Å². The molecular weight excluding hydrogens is 237 g/mol. The number of hydrogen-bond donors (Lipinski definition) is 1. The molecule has 1 unspecified atom stereocenters. The number of nitrogens with two attached hydrogens (primary N) is 1. The summed E-state index contributed by atoms with van der Waals surface area (Å²) in [5.41, 5.74) is 0. The second-order valence-electron chi connectivity index (χ2n) is 3.98. The van der Waals surface area contributed by atoms with Gasteiger partial charge in [-0.1, -0.05) is 40.0 Å². The van der Waals surface area contributed by atoms with Gasteiger partial charge in [0.2, 0.25) is 0 Å². The zero-order valence-electron chi connectivity index (χ0n) is 11.6. The molecule has 0 radical (unpaired) electrons. The monoisotopic (exact) mass is 266 g/mol. The summed E-state index contributed by atoms with van der Waals surface area (Å²) in [6.45, 7) is 9.45. The van der Waals surface area contributed by atoms with Crippen molar-refractivity contribution in [2.45, 2.75) is 59.3 Å². The summed E-state index contributed by atoms with van der Waals surface area (Å²) in [7, 11) is -2.61. The van der Waals surface area contributed by atoms with E-state index in [2.05, 4.69) is 23.7 Å². The molecule has 0 aliphatic rings. The summed E-state index contributed by atoms with van der Waals surface area (Å²) in [4.78, 5) is 9.69. The van der Waals surface area contributed by atoms with Crippen molar-refractivity contribution in [3.8, 4) is 0 Å². The lowest BCUT2D eigenvalue weighted by Gasteiger charge is -1.96. The average Bonchev–Trinajstić information content (AvgIpc) is 2.30. The minimum absolute atomic E-state index is 0.329. The molecule has 4 nitrogen and oxygen atoms in total. The van der Waals surface area contributed by atoms with Gasteiger partial charge in [0, 0.05) is 0 Å². The van der Waals surface area contributed by atoms with Crippen molar-refractivity contribution in [1.29, 1.82) is 0 Å². The van der Waals surface area contributed by atoms with Crippen LogP contribution < -0.4 is 10.2 Å². The molecule has 0 aliphatic heterocycles. The standard InChI is InChI=1S/C8H19N.C4H9O3P/c1-3-5-7-9-8-6-4-2;1-2-3-4-7-8(5)6/h9H,3-8H2,1-2H3;2-4H2,1H3/p+1. The Labute approximate surface area is 107 Å². The first kappa shape index (κ1) is 19.3. The predicted octanol–water partition coefficient (Wildman–Crippen LogP) is 1.97. The molecule has 0 aromatic heterocycles. The molecule has 0 rings (SSSR count). The van der Waals surface area contributed by atoms with Crippen molar-refractivity contribution in [2.24, 2.45) is 0 Å². The SMILES string of the molecule is CCCCO[P+](=O)[O-].CCCC[NH2+]CCCC. The third kappa shape index (κ3) is 25.9. The third-order valence-electron chi connectivity index (χ3n) is 2.22. The fraction of sp³-hybridized carbons (Fsp3) is 1.00. The molecular formula is C12H29NO3P+. The van der Waals surface area contributed by atoms with Gasteiger partial charge in [-0.15, -0.1) is 4.52 Å². The summed E-state index contributed by atoms with van der Waals surface area (Å²) in [5.74, 6) is 0. The molecule has 5 heteroatoms. The van der Waals surface area contributed by atoms with Gasteiger partial charge in [-0.2, -0.15) is 0 Å². The highest BCUT2D eigenvalue weighted by Crippen LogP contribution is 2.08. The van der Waals surface area contributed by atoms with Crippen LogP contribution in [0, 0.1) is 0 Å². The molecule has 0 spiro atoms. The minimum Gasteiger partial charge on any atom is -0.566 e. The Hall–Kier alpha value is -0.0200. The second kappa shape index (κ2) is 18.3. The predicted molar refractivity (Wildman–Crippen MR) is 69.9 cm³/mol. The van der Waals surface area contributed by atoms with Crippen molar-refractivity contribution in [3.63, 3.8) is 0 Å². The number of unbranched alkanes of at least 4 members (excludes halogenated alkanes) is 3. The Kier molecular flexibility index (Phi) is 20.9. The number of rotatable bonds is 10. The van der Waals surface area contributed by atoms with Crippen molar-refractivity contribution in [1.82, 2.24) is 0 Å². The van der Waals surface area contributed by atoms with E-state index in [1.54, 1.807) is 0 Å². The zero-order valence-corrected chi connectivity index (χ0v) is 12.5. The third-order valence-corrected chi connectivity index (χ3v) is 2.61.